The van der Waals surface area contributed by atoms with Crippen molar-refractivity contribution in [2.45, 2.75) is 27.7 Å². The fourth-order valence-electron chi connectivity index (χ4n) is 5.32. The number of para-hydroxylation sites is 1. The van der Waals surface area contributed by atoms with Crippen LogP contribution >= 0.6 is 0 Å². The van der Waals surface area contributed by atoms with Crippen LogP contribution in [-0.4, -0.2) is 9.97 Å². The largest absolute Gasteiger partial charge is 0.449 e. The van der Waals surface area contributed by atoms with Gasteiger partial charge in [-0.25, -0.2) is 9.97 Å². The molecule has 0 bridgehead atoms. The van der Waals surface area contributed by atoms with E-state index in [-0.39, 0.29) is 0 Å². The summed E-state index contributed by atoms with van der Waals surface area (Å²) < 4.78 is 9.01. The van der Waals surface area contributed by atoms with Gasteiger partial charge >= 0.3 is 0 Å². The second-order valence-corrected chi connectivity index (χ2v) is 8.66. The molecule has 4 nitrogen and oxygen atoms in total. The van der Waals surface area contributed by atoms with Gasteiger partial charge in [0.05, 0.1) is 10.9 Å². The maximum Gasteiger partial charge on any atom is 0.257 e. The minimum atomic E-state index is 0.787. The van der Waals surface area contributed by atoms with E-state index in [9.17, 15) is 0 Å². The number of hydrogen-bond acceptors (Lipinski definition) is 3. The maximum atomic E-state index is 6.74. The van der Waals surface area contributed by atoms with Gasteiger partial charge in [0.2, 0.25) is 11.3 Å². The summed E-state index contributed by atoms with van der Waals surface area (Å²) in [4.78, 5) is 9.43. The molecule has 0 N–H and O–H groups in total. The molecule has 0 unspecified atom stereocenters. The molecule has 1 aliphatic heterocycles. The minimum Gasteiger partial charge on any atom is -0.449 e. The van der Waals surface area contributed by atoms with Crippen LogP contribution in [0.4, 0.5) is 0 Å². The van der Waals surface area contributed by atoms with Gasteiger partial charge in [0.25, 0.3) is 5.69 Å². The third-order valence-electron chi connectivity index (χ3n) is 6.61. The lowest BCUT2D eigenvalue weighted by atomic mass is 9.89. The van der Waals surface area contributed by atoms with Crippen LogP contribution in [0.1, 0.15) is 22.8 Å². The van der Waals surface area contributed by atoms with Crippen molar-refractivity contribution in [3.63, 3.8) is 0 Å². The van der Waals surface area contributed by atoms with Gasteiger partial charge in [0.15, 0.2) is 0 Å². The minimum absolute atomic E-state index is 0.787. The molecule has 1 aliphatic rings. The van der Waals surface area contributed by atoms with Crippen LogP contribution in [0.2, 0.25) is 0 Å². The Hall–Kier alpha value is -3.79. The third-order valence-corrected chi connectivity index (χ3v) is 6.61. The number of fused-ring (bicyclic) bond motifs is 3. The Bertz CT molecular complexity index is 1580. The van der Waals surface area contributed by atoms with Crippen LogP contribution < -0.4 is 9.30 Å². The van der Waals surface area contributed by atoms with E-state index in [1.807, 2.05) is 6.92 Å². The fraction of sp³-hybridized carbons (Fsp3) is 0.179. The van der Waals surface area contributed by atoms with Gasteiger partial charge in [0, 0.05) is 34.0 Å². The van der Waals surface area contributed by atoms with Crippen LogP contribution in [0.25, 0.3) is 44.1 Å². The molecule has 0 amide bonds. The molecule has 4 heteroatoms. The van der Waals surface area contributed by atoms with Gasteiger partial charge < -0.3 is 4.74 Å². The van der Waals surface area contributed by atoms with Crippen LogP contribution in [0.3, 0.4) is 0 Å². The van der Waals surface area contributed by atoms with Gasteiger partial charge in [-0.05, 0) is 50.8 Å². The van der Waals surface area contributed by atoms with Crippen molar-refractivity contribution in [1.29, 1.82) is 0 Å². The van der Waals surface area contributed by atoms with E-state index in [0.717, 1.165) is 56.4 Å². The zero-order valence-corrected chi connectivity index (χ0v) is 18.9. The number of nitrogens with zero attached hydrogens (tertiary/aromatic N) is 3. The Morgan fingerprint density at radius 3 is 2.28 bits per heavy atom. The van der Waals surface area contributed by atoms with Crippen molar-refractivity contribution in [3.05, 3.63) is 77.4 Å². The highest BCUT2D eigenvalue weighted by atomic mass is 16.5. The third kappa shape index (κ3) is 2.46. The van der Waals surface area contributed by atoms with Crippen molar-refractivity contribution in [2.24, 2.45) is 7.05 Å². The molecule has 0 saturated carbocycles. The Labute approximate surface area is 187 Å². The summed E-state index contributed by atoms with van der Waals surface area (Å²) in [5.41, 5.74) is 8.77. The van der Waals surface area contributed by atoms with Crippen molar-refractivity contribution >= 4 is 21.7 Å². The van der Waals surface area contributed by atoms with E-state index in [0.29, 0.717) is 0 Å². The van der Waals surface area contributed by atoms with E-state index in [1.165, 1.54) is 21.9 Å². The van der Waals surface area contributed by atoms with Crippen LogP contribution in [0.15, 0.2) is 54.6 Å². The number of aryl methyl sites for hydroxylation is 5. The Kier molecular flexibility index (Phi) is 3.91. The molecule has 0 spiro atoms. The summed E-state index contributed by atoms with van der Waals surface area (Å²) in [5, 5.41) is 3.50. The molecule has 6 rings (SSSR count). The van der Waals surface area contributed by atoms with Crippen LogP contribution in [0, 0.1) is 27.7 Å². The van der Waals surface area contributed by atoms with E-state index in [4.69, 9.17) is 14.7 Å². The first-order valence-electron chi connectivity index (χ1n) is 10.9. The van der Waals surface area contributed by atoms with Crippen LogP contribution in [-0.2, 0) is 7.05 Å². The van der Waals surface area contributed by atoms with Crippen molar-refractivity contribution in [2.75, 3.05) is 0 Å². The van der Waals surface area contributed by atoms with Crippen molar-refractivity contribution in [3.8, 4) is 33.9 Å². The lowest BCUT2D eigenvalue weighted by Gasteiger charge is -2.24. The molecule has 32 heavy (non-hydrogen) atoms. The summed E-state index contributed by atoms with van der Waals surface area (Å²) in [7, 11) is 2.13. The normalized spacial score (nSPS) is 12.2. The predicted octanol–water partition coefficient (Wildman–Crippen LogP) is 6.28. The van der Waals surface area contributed by atoms with E-state index in [1.54, 1.807) is 0 Å². The summed E-state index contributed by atoms with van der Waals surface area (Å²) in [6, 6.07) is 19.2. The Morgan fingerprint density at radius 2 is 1.50 bits per heavy atom. The van der Waals surface area contributed by atoms with Crippen molar-refractivity contribution < 1.29 is 9.30 Å². The molecule has 3 heterocycles. The first-order valence-corrected chi connectivity index (χ1v) is 10.9. The second-order valence-electron chi connectivity index (χ2n) is 8.66. The highest BCUT2D eigenvalue weighted by Crippen LogP contribution is 2.52. The lowest BCUT2D eigenvalue weighted by Crippen LogP contribution is -2.34. The number of aromatic nitrogens is 3. The summed E-state index contributed by atoms with van der Waals surface area (Å²) >= 11 is 0. The Morgan fingerprint density at radius 1 is 0.750 bits per heavy atom. The molecular formula is C28H24N3O+. The quantitative estimate of drug-likeness (QED) is 0.295. The highest BCUT2D eigenvalue weighted by molar-refractivity contribution is 6.08. The number of rotatable bonds is 1. The molecule has 5 aromatic rings. The molecule has 3 aromatic carbocycles. The highest BCUT2D eigenvalue weighted by Gasteiger charge is 2.35. The standard InChI is InChI=1S/C28H24N3O/c1-15-13-14-19-9-8-12-22-25(19)23(15)27-28(32-22)26(20-10-6-7-11-21(20)31(27)5)24-16(2)29-18(4)30-17(24)3/h6-14H,1-5H3/q+1. The number of hydrogen-bond donors (Lipinski definition) is 0. The SMILES string of the molecule is Cc1nc(C)c(-c2c3c([n+](C)c4ccccc24)-c2c(C)ccc4cccc(c24)O3)c(C)n1. The first kappa shape index (κ1) is 18.9. The monoisotopic (exact) mass is 418 g/mol. The smallest absolute Gasteiger partial charge is 0.257 e. The molecule has 156 valence electrons. The van der Waals surface area contributed by atoms with Gasteiger partial charge in [0.1, 0.15) is 18.6 Å². The van der Waals surface area contributed by atoms with Gasteiger partial charge in [-0.15, -0.1) is 0 Å². The van der Waals surface area contributed by atoms with Gasteiger partial charge in [-0.1, -0.05) is 36.4 Å². The second kappa shape index (κ2) is 6.60. The van der Waals surface area contributed by atoms with Crippen molar-refractivity contribution in [1.82, 2.24) is 9.97 Å². The molecule has 0 radical (unpaired) electrons. The molecule has 0 atom stereocenters. The van der Waals surface area contributed by atoms with Gasteiger partial charge in [-0.2, -0.15) is 4.57 Å². The van der Waals surface area contributed by atoms with Gasteiger partial charge in [-0.3, -0.25) is 0 Å². The van der Waals surface area contributed by atoms with E-state index >= 15 is 0 Å². The number of benzene rings is 3. The molecule has 2 aromatic heterocycles. The predicted molar refractivity (Wildman–Crippen MR) is 128 cm³/mol. The first-order chi connectivity index (χ1) is 15.5. The molecule has 0 fully saturated rings. The zero-order chi connectivity index (χ0) is 22.1. The topological polar surface area (TPSA) is 38.9 Å². The lowest BCUT2D eigenvalue weighted by molar-refractivity contribution is -0.633. The molecule has 0 saturated heterocycles. The average Bonchev–Trinajstić information content (AvgIpc) is 2.77. The molecule has 0 aliphatic carbocycles. The average molecular weight is 419 g/mol. The Balaban J connectivity index is 1.87. The summed E-state index contributed by atoms with van der Waals surface area (Å²) in [5.74, 6) is 2.56. The summed E-state index contributed by atoms with van der Waals surface area (Å²) in [6.07, 6.45) is 0. The summed E-state index contributed by atoms with van der Waals surface area (Å²) in [6.45, 7) is 8.25. The fourth-order valence-corrected chi connectivity index (χ4v) is 5.32. The zero-order valence-electron chi connectivity index (χ0n) is 18.9. The molecular weight excluding hydrogens is 394 g/mol. The number of ether oxygens (including phenoxy) is 1. The maximum absolute atomic E-state index is 6.74. The van der Waals surface area contributed by atoms with E-state index in [2.05, 4.69) is 87.0 Å². The number of pyridine rings is 1. The van der Waals surface area contributed by atoms with E-state index < -0.39 is 0 Å². The van der Waals surface area contributed by atoms with Crippen LogP contribution in [0.5, 0.6) is 11.5 Å².